The Morgan fingerprint density at radius 1 is 1.46 bits per heavy atom. The SMILES string of the molecule is O=[S@@]1CCCC=C1c1cccnc1. The van der Waals surface area contributed by atoms with Gasteiger partial charge in [0.2, 0.25) is 0 Å². The molecule has 0 saturated carbocycles. The van der Waals surface area contributed by atoms with Gasteiger partial charge in [0, 0.05) is 28.6 Å². The molecule has 0 saturated heterocycles. The molecule has 2 nitrogen and oxygen atoms in total. The summed E-state index contributed by atoms with van der Waals surface area (Å²) < 4.78 is 11.6. The van der Waals surface area contributed by atoms with Crippen LogP contribution in [0.4, 0.5) is 0 Å². The van der Waals surface area contributed by atoms with Gasteiger partial charge >= 0.3 is 0 Å². The highest BCUT2D eigenvalue weighted by atomic mass is 32.2. The van der Waals surface area contributed by atoms with E-state index in [2.05, 4.69) is 11.1 Å². The van der Waals surface area contributed by atoms with Crippen LogP contribution in [0.3, 0.4) is 0 Å². The van der Waals surface area contributed by atoms with E-state index in [9.17, 15) is 4.21 Å². The lowest BCUT2D eigenvalue weighted by molar-refractivity contribution is 0.685. The van der Waals surface area contributed by atoms with Crippen LogP contribution in [-0.2, 0) is 10.8 Å². The van der Waals surface area contributed by atoms with Gasteiger partial charge in [-0.2, -0.15) is 0 Å². The minimum Gasteiger partial charge on any atom is -0.264 e. The molecule has 0 N–H and O–H groups in total. The average molecular weight is 193 g/mol. The van der Waals surface area contributed by atoms with Gasteiger partial charge in [-0.15, -0.1) is 0 Å². The van der Waals surface area contributed by atoms with Gasteiger partial charge in [-0.25, -0.2) is 0 Å². The van der Waals surface area contributed by atoms with Crippen molar-refractivity contribution in [2.75, 3.05) is 5.75 Å². The van der Waals surface area contributed by atoms with Crippen molar-refractivity contribution in [2.24, 2.45) is 0 Å². The van der Waals surface area contributed by atoms with Crippen LogP contribution >= 0.6 is 0 Å². The molecule has 3 heteroatoms. The fourth-order valence-electron chi connectivity index (χ4n) is 1.41. The molecule has 0 fully saturated rings. The van der Waals surface area contributed by atoms with Gasteiger partial charge in [-0.1, -0.05) is 12.1 Å². The maximum Gasteiger partial charge on any atom is 0.0533 e. The molecule has 0 aliphatic carbocycles. The number of hydrogen-bond acceptors (Lipinski definition) is 2. The molecule has 0 unspecified atom stereocenters. The van der Waals surface area contributed by atoms with Crippen LogP contribution in [0.25, 0.3) is 4.91 Å². The Morgan fingerprint density at radius 2 is 2.38 bits per heavy atom. The minimum atomic E-state index is -0.808. The van der Waals surface area contributed by atoms with Gasteiger partial charge in [0.15, 0.2) is 0 Å². The monoisotopic (exact) mass is 193 g/mol. The predicted molar refractivity (Wildman–Crippen MR) is 54.5 cm³/mol. The summed E-state index contributed by atoms with van der Waals surface area (Å²) in [4.78, 5) is 4.98. The molecule has 0 spiro atoms. The highest BCUT2D eigenvalue weighted by Crippen LogP contribution is 2.23. The van der Waals surface area contributed by atoms with Gasteiger partial charge in [0.1, 0.15) is 0 Å². The van der Waals surface area contributed by atoms with Crippen molar-refractivity contribution in [2.45, 2.75) is 12.8 Å². The Morgan fingerprint density at radius 3 is 3.08 bits per heavy atom. The van der Waals surface area contributed by atoms with Crippen LogP contribution < -0.4 is 0 Å². The molecule has 1 aromatic rings. The zero-order chi connectivity index (χ0) is 9.10. The summed E-state index contributed by atoms with van der Waals surface area (Å²) in [6, 6.07) is 3.84. The first-order valence-corrected chi connectivity index (χ1v) is 5.69. The summed E-state index contributed by atoms with van der Waals surface area (Å²) in [5, 5.41) is 0. The molecule has 0 radical (unpaired) electrons. The van der Waals surface area contributed by atoms with Gasteiger partial charge in [-0.3, -0.25) is 9.19 Å². The molecular weight excluding hydrogens is 182 g/mol. The normalized spacial score (nSPS) is 22.5. The number of pyridine rings is 1. The zero-order valence-corrected chi connectivity index (χ0v) is 8.09. The van der Waals surface area contributed by atoms with Gasteiger partial charge in [-0.05, 0) is 18.9 Å². The van der Waals surface area contributed by atoms with Crippen LogP contribution in [0.5, 0.6) is 0 Å². The topological polar surface area (TPSA) is 30.0 Å². The quantitative estimate of drug-likeness (QED) is 0.682. The lowest BCUT2D eigenvalue weighted by atomic mass is 10.2. The summed E-state index contributed by atoms with van der Waals surface area (Å²) in [5.74, 6) is 0.792. The summed E-state index contributed by atoms with van der Waals surface area (Å²) >= 11 is 0. The number of hydrogen-bond donors (Lipinski definition) is 0. The van der Waals surface area contributed by atoms with E-state index in [1.165, 1.54) is 0 Å². The van der Waals surface area contributed by atoms with E-state index in [1.54, 1.807) is 12.4 Å². The first kappa shape index (κ1) is 8.63. The molecule has 1 aliphatic rings. The highest BCUT2D eigenvalue weighted by molar-refractivity contribution is 7.94. The number of aromatic nitrogens is 1. The van der Waals surface area contributed by atoms with Crippen LogP contribution in [-0.4, -0.2) is 14.9 Å². The zero-order valence-electron chi connectivity index (χ0n) is 7.27. The van der Waals surface area contributed by atoms with Crippen LogP contribution in [0.1, 0.15) is 18.4 Å². The Bertz CT molecular complexity index is 345. The van der Waals surface area contributed by atoms with Crippen molar-refractivity contribution in [1.29, 1.82) is 0 Å². The lowest BCUT2D eigenvalue weighted by Gasteiger charge is -2.11. The maximum atomic E-state index is 11.6. The molecule has 1 aromatic heterocycles. The molecule has 0 bridgehead atoms. The first-order valence-electron chi connectivity index (χ1n) is 4.37. The van der Waals surface area contributed by atoms with E-state index in [1.807, 2.05) is 12.1 Å². The Balaban J connectivity index is 2.35. The summed E-state index contributed by atoms with van der Waals surface area (Å²) in [6.45, 7) is 0. The number of allylic oxidation sites excluding steroid dienone is 1. The third-order valence-electron chi connectivity index (χ3n) is 2.05. The van der Waals surface area contributed by atoms with Gasteiger partial charge < -0.3 is 0 Å². The number of nitrogens with zero attached hydrogens (tertiary/aromatic N) is 1. The third kappa shape index (κ3) is 1.86. The predicted octanol–water partition coefficient (Wildman–Crippen LogP) is 1.97. The van der Waals surface area contributed by atoms with E-state index in [-0.39, 0.29) is 0 Å². The lowest BCUT2D eigenvalue weighted by Crippen LogP contribution is -2.05. The molecule has 2 heterocycles. The van der Waals surface area contributed by atoms with Gasteiger partial charge in [0.25, 0.3) is 0 Å². The van der Waals surface area contributed by atoms with Crippen LogP contribution in [0, 0.1) is 0 Å². The average Bonchev–Trinajstić information content (AvgIpc) is 2.20. The standard InChI is InChI=1S/C10H11NOS/c12-13-7-2-1-5-10(13)9-4-3-6-11-8-9/h3-6,8H,1-2,7H2/t13-/m1/s1. The van der Waals surface area contributed by atoms with E-state index in [0.717, 1.165) is 29.1 Å². The second-order valence-electron chi connectivity index (χ2n) is 3.00. The second-order valence-corrected chi connectivity index (χ2v) is 4.54. The molecule has 13 heavy (non-hydrogen) atoms. The summed E-state index contributed by atoms with van der Waals surface area (Å²) in [6.07, 6.45) is 7.65. The maximum absolute atomic E-state index is 11.6. The van der Waals surface area contributed by atoms with Crippen molar-refractivity contribution >= 4 is 15.7 Å². The van der Waals surface area contributed by atoms with Crippen molar-refractivity contribution in [3.63, 3.8) is 0 Å². The second kappa shape index (κ2) is 3.83. The molecule has 0 aromatic carbocycles. The Hall–Kier alpha value is -0.960. The molecular formula is C10H11NOS. The first-order chi connectivity index (χ1) is 6.38. The summed E-state index contributed by atoms with van der Waals surface area (Å²) in [5.41, 5.74) is 1.00. The molecule has 2 rings (SSSR count). The summed E-state index contributed by atoms with van der Waals surface area (Å²) in [7, 11) is -0.808. The molecule has 1 aliphatic heterocycles. The fourth-order valence-corrected chi connectivity index (χ4v) is 2.74. The fraction of sp³-hybridized carbons (Fsp3) is 0.300. The highest BCUT2D eigenvalue weighted by Gasteiger charge is 2.13. The van der Waals surface area contributed by atoms with Crippen molar-refractivity contribution in [1.82, 2.24) is 4.98 Å². The Labute approximate surface area is 80.2 Å². The van der Waals surface area contributed by atoms with E-state index >= 15 is 0 Å². The van der Waals surface area contributed by atoms with Crippen LogP contribution in [0.15, 0.2) is 30.6 Å². The van der Waals surface area contributed by atoms with E-state index < -0.39 is 10.8 Å². The van der Waals surface area contributed by atoms with Crippen molar-refractivity contribution in [3.05, 3.63) is 36.2 Å². The van der Waals surface area contributed by atoms with Crippen molar-refractivity contribution < 1.29 is 4.21 Å². The smallest absolute Gasteiger partial charge is 0.0533 e. The van der Waals surface area contributed by atoms with E-state index in [0.29, 0.717) is 0 Å². The molecule has 0 amide bonds. The minimum absolute atomic E-state index is 0.792. The number of rotatable bonds is 1. The van der Waals surface area contributed by atoms with Gasteiger partial charge in [0.05, 0.1) is 10.8 Å². The Kier molecular flexibility index (Phi) is 2.54. The third-order valence-corrected chi connectivity index (χ3v) is 3.61. The van der Waals surface area contributed by atoms with Crippen LogP contribution in [0.2, 0.25) is 0 Å². The molecule has 68 valence electrons. The van der Waals surface area contributed by atoms with E-state index in [4.69, 9.17) is 0 Å². The molecule has 1 atom stereocenters. The largest absolute Gasteiger partial charge is 0.264 e. The van der Waals surface area contributed by atoms with Crippen molar-refractivity contribution in [3.8, 4) is 0 Å².